The number of rotatable bonds is 20. The summed E-state index contributed by atoms with van der Waals surface area (Å²) in [5, 5.41) is 0. The van der Waals surface area contributed by atoms with Gasteiger partial charge in [-0.05, 0) is 374 Å². The van der Waals surface area contributed by atoms with Crippen LogP contribution >= 0.6 is 0 Å². The third-order valence-corrected chi connectivity index (χ3v) is 27.1. The maximum absolute atomic E-state index is 2.57. The lowest BCUT2D eigenvalue weighted by Crippen LogP contribution is -2.29. The third kappa shape index (κ3) is 16.0. The number of aryl methyl sites for hydroxylation is 1. The van der Waals surface area contributed by atoms with Gasteiger partial charge >= 0.3 is 0 Å². The molecule has 0 saturated heterocycles. The fraction of sp³-hybridized carbons (Fsp3) is 0.0149. The second-order valence-electron chi connectivity index (χ2n) is 35.5. The summed E-state index contributed by atoms with van der Waals surface area (Å²) in [5.74, 6) is 0. The summed E-state index contributed by atoms with van der Waals surface area (Å²) in [4.78, 5) is 0. The van der Waals surface area contributed by atoms with Crippen molar-refractivity contribution in [2.75, 3.05) is 0 Å². The maximum atomic E-state index is 2.57. The van der Waals surface area contributed by atoms with Crippen molar-refractivity contribution in [3.8, 4) is 211 Å². The maximum Gasteiger partial charge on any atom is 0.0714 e. The molecular formula is C134H92. The second kappa shape index (κ2) is 35.7. The summed E-state index contributed by atoms with van der Waals surface area (Å²) in [7, 11) is 0. The van der Waals surface area contributed by atoms with Crippen LogP contribution in [0, 0.1) is 6.92 Å². The molecule has 0 atom stereocenters. The Kier molecular flexibility index (Phi) is 21.7. The van der Waals surface area contributed by atoms with Crippen LogP contribution in [-0.4, -0.2) is 0 Å². The van der Waals surface area contributed by atoms with E-state index in [-0.39, 0.29) is 0 Å². The van der Waals surface area contributed by atoms with Crippen molar-refractivity contribution in [3.63, 3.8) is 0 Å². The van der Waals surface area contributed by atoms with E-state index in [0.29, 0.717) is 0 Å². The Morgan fingerprint density at radius 2 is 0.299 bits per heavy atom. The summed E-state index contributed by atoms with van der Waals surface area (Å²) >= 11 is 0. The van der Waals surface area contributed by atoms with Crippen molar-refractivity contribution < 1.29 is 0 Å². The van der Waals surface area contributed by atoms with E-state index in [1.54, 1.807) is 0 Å². The minimum absolute atomic E-state index is 1.05. The van der Waals surface area contributed by atoms with Gasteiger partial charge in [0.2, 0.25) is 0 Å². The molecule has 0 heterocycles. The molecular weight excluding hydrogens is 1610 g/mol. The van der Waals surface area contributed by atoms with Gasteiger partial charge in [-0.1, -0.05) is 412 Å². The fourth-order valence-electron chi connectivity index (χ4n) is 20.5. The number of benzene rings is 22. The van der Waals surface area contributed by atoms with Crippen LogP contribution in [-0.2, 0) is 5.41 Å². The Morgan fingerprint density at radius 1 is 0.112 bits per heavy atom. The smallest absolute Gasteiger partial charge is 0.0622 e. The quantitative estimate of drug-likeness (QED) is 0.0713. The van der Waals surface area contributed by atoms with Crippen LogP contribution in [0.3, 0.4) is 0 Å². The van der Waals surface area contributed by atoms with Crippen LogP contribution in [0.1, 0.15) is 27.8 Å². The first-order valence-electron chi connectivity index (χ1n) is 46.4. The molecule has 23 rings (SSSR count). The standard InChI is InChI=1S/C134H92/c1-91-66-67-131-130(68-91)133-129(128-63-30-29-62-127(128)100-52-27-10-28-53-100)64-35-65-132(133)134(131,125-87-121(105-58-31-54-101(69-105)117-77-109(92-36-11-2-12-37-92)73-110(78-117)93-38-13-3-14-39-93)85-122(88-125)106-59-32-55-102(70-106)118-79-111(94-40-15-4-16-41-94)74-112(80-118)95-42-17-5-18-43-95)126-89-123(107-60-33-56-103(71-107)119-81-113(96-44-19-6-20-45-96)75-114(82-119)97-46-21-7-22-47-97)86-124(90-126)108-61-34-57-104(72-108)120-83-115(98-48-23-8-24-49-98)76-116(84-120)99-50-25-9-26-51-99/h2-90H,1H3. The van der Waals surface area contributed by atoms with E-state index >= 15 is 0 Å². The number of hydrogen-bond acceptors (Lipinski definition) is 0. The molecule has 0 spiro atoms. The van der Waals surface area contributed by atoms with Crippen LogP contribution in [0.15, 0.2) is 540 Å². The van der Waals surface area contributed by atoms with Gasteiger partial charge in [0.1, 0.15) is 0 Å². The first-order chi connectivity index (χ1) is 66.2. The van der Waals surface area contributed by atoms with Gasteiger partial charge in [0.05, 0.1) is 5.41 Å². The number of hydrogen-bond donors (Lipinski definition) is 0. The van der Waals surface area contributed by atoms with Gasteiger partial charge < -0.3 is 0 Å². The van der Waals surface area contributed by atoms with Crippen LogP contribution in [0.25, 0.3) is 211 Å². The van der Waals surface area contributed by atoms with Crippen LogP contribution in [0.4, 0.5) is 0 Å². The average Bonchev–Trinajstić information content (AvgIpc) is 1.52. The molecule has 0 nitrogen and oxygen atoms in total. The molecule has 0 aliphatic heterocycles. The molecule has 0 heteroatoms. The molecule has 134 heavy (non-hydrogen) atoms. The zero-order chi connectivity index (χ0) is 89.3. The summed E-state index contributed by atoms with van der Waals surface area (Å²) < 4.78 is 0. The van der Waals surface area contributed by atoms with Crippen molar-refractivity contribution in [1.82, 2.24) is 0 Å². The minimum Gasteiger partial charge on any atom is -0.0622 e. The van der Waals surface area contributed by atoms with Crippen LogP contribution in [0.2, 0.25) is 0 Å². The van der Waals surface area contributed by atoms with Crippen LogP contribution < -0.4 is 0 Å². The summed E-state index contributed by atoms with van der Waals surface area (Å²) in [6.45, 7) is 2.27. The Morgan fingerprint density at radius 3 is 0.552 bits per heavy atom. The summed E-state index contributed by atoms with van der Waals surface area (Å²) in [6, 6.07) is 202. The Bertz CT molecular complexity index is 7100. The van der Waals surface area contributed by atoms with Gasteiger partial charge in [-0.3, -0.25) is 0 Å². The van der Waals surface area contributed by atoms with Gasteiger partial charge in [-0.2, -0.15) is 0 Å². The second-order valence-corrected chi connectivity index (χ2v) is 35.5. The van der Waals surface area contributed by atoms with Gasteiger partial charge in [-0.15, -0.1) is 0 Å². The molecule has 0 saturated carbocycles. The van der Waals surface area contributed by atoms with Crippen molar-refractivity contribution in [2.24, 2.45) is 0 Å². The Hall–Kier alpha value is -17.2. The van der Waals surface area contributed by atoms with Gasteiger partial charge in [-0.25, -0.2) is 0 Å². The highest BCUT2D eigenvalue weighted by molar-refractivity contribution is 6.01. The van der Waals surface area contributed by atoms with Crippen molar-refractivity contribution in [3.05, 3.63) is 568 Å². The highest BCUT2D eigenvalue weighted by Gasteiger charge is 2.48. The van der Waals surface area contributed by atoms with E-state index in [0.717, 1.165) is 150 Å². The van der Waals surface area contributed by atoms with Crippen molar-refractivity contribution in [2.45, 2.75) is 12.3 Å². The topological polar surface area (TPSA) is 0 Å². The van der Waals surface area contributed by atoms with Crippen molar-refractivity contribution in [1.29, 1.82) is 0 Å². The summed E-state index contributed by atoms with van der Waals surface area (Å²) in [5.41, 5.74) is 48.3. The lowest BCUT2D eigenvalue weighted by atomic mass is 9.65. The average molecular weight is 1700 g/mol. The predicted octanol–water partition coefficient (Wildman–Crippen LogP) is 36.4. The molecule has 0 amide bonds. The molecule has 628 valence electrons. The molecule has 1 aliphatic rings. The zero-order valence-corrected chi connectivity index (χ0v) is 74.4. The monoisotopic (exact) mass is 1700 g/mol. The molecule has 22 aromatic rings. The molecule has 0 N–H and O–H groups in total. The van der Waals surface area contributed by atoms with Crippen LogP contribution in [0.5, 0.6) is 0 Å². The largest absolute Gasteiger partial charge is 0.0714 e. The van der Waals surface area contributed by atoms with E-state index in [2.05, 4.69) is 547 Å². The normalized spacial score (nSPS) is 11.8. The van der Waals surface area contributed by atoms with Crippen molar-refractivity contribution >= 4 is 0 Å². The van der Waals surface area contributed by atoms with Gasteiger partial charge in [0.25, 0.3) is 0 Å². The molecule has 0 unspecified atom stereocenters. The van der Waals surface area contributed by atoms with Gasteiger partial charge in [0.15, 0.2) is 0 Å². The van der Waals surface area contributed by atoms with E-state index in [9.17, 15) is 0 Å². The molecule has 22 aromatic carbocycles. The van der Waals surface area contributed by atoms with E-state index in [1.807, 2.05) is 0 Å². The zero-order valence-electron chi connectivity index (χ0n) is 74.4. The predicted molar refractivity (Wildman–Crippen MR) is 566 cm³/mol. The van der Waals surface area contributed by atoms with E-state index in [4.69, 9.17) is 0 Å². The molecule has 0 fully saturated rings. The van der Waals surface area contributed by atoms with E-state index in [1.165, 1.54) is 89.0 Å². The lowest BCUT2D eigenvalue weighted by Gasteiger charge is -2.36. The first-order valence-corrected chi connectivity index (χ1v) is 46.4. The van der Waals surface area contributed by atoms with Gasteiger partial charge in [0, 0.05) is 0 Å². The highest BCUT2D eigenvalue weighted by atomic mass is 14.5. The molecule has 1 aliphatic carbocycles. The Labute approximate surface area is 785 Å². The third-order valence-electron chi connectivity index (χ3n) is 27.1. The highest BCUT2D eigenvalue weighted by Crippen LogP contribution is 2.61. The molecule has 0 bridgehead atoms. The Balaban J connectivity index is 0.815. The number of fused-ring (bicyclic) bond motifs is 3. The molecule has 0 aromatic heterocycles. The molecule has 0 radical (unpaired) electrons. The fourth-order valence-corrected chi connectivity index (χ4v) is 20.5. The lowest BCUT2D eigenvalue weighted by molar-refractivity contribution is 0.769. The summed E-state index contributed by atoms with van der Waals surface area (Å²) in [6.07, 6.45) is 0. The van der Waals surface area contributed by atoms with E-state index < -0.39 is 5.41 Å². The minimum atomic E-state index is -1.05. The first kappa shape index (κ1) is 81.3. The SMILES string of the molecule is Cc1ccc2c(c1)-c1c(-c3ccccc3-c3ccccc3)cccc1C2(c1cc(-c2cccc(-c3cc(-c4ccccc4)cc(-c4ccccc4)c3)c2)cc(-c2cccc(-c3cc(-c4ccccc4)cc(-c4ccccc4)c3)c2)c1)c1cc(-c2cccc(-c3cc(-c4ccccc4)cc(-c4ccccc4)c3)c2)cc(-c2cccc(-c3cc(-c4ccccc4)cc(-c4ccccc4)c3)c2)c1.